The number of benzene rings is 1. The number of pyridine rings is 1. The zero-order valence-corrected chi connectivity index (χ0v) is 13.7. The third-order valence-corrected chi connectivity index (χ3v) is 3.54. The summed E-state index contributed by atoms with van der Waals surface area (Å²) in [6, 6.07) is 6.02. The van der Waals surface area contributed by atoms with Crippen molar-refractivity contribution in [2.75, 3.05) is 18.9 Å². The van der Waals surface area contributed by atoms with Crippen LogP contribution in [0.5, 0.6) is 0 Å². The van der Waals surface area contributed by atoms with Crippen LogP contribution < -0.4 is 5.32 Å². The minimum atomic E-state index is -4.63. The monoisotopic (exact) mass is 371 g/mol. The molecule has 0 saturated heterocycles. The maximum absolute atomic E-state index is 12.8. The van der Waals surface area contributed by atoms with Gasteiger partial charge in [0.2, 0.25) is 5.91 Å². The third kappa shape index (κ3) is 4.93. The summed E-state index contributed by atoms with van der Waals surface area (Å²) >= 11 is 5.52. The fourth-order valence-corrected chi connectivity index (χ4v) is 2.25. The van der Waals surface area contributed by atoms with E-state index < -0.39 is 28.6 Å². The Morgan fingerprint density at radius 2 is 1.84 bits per heavy atom. The fraction of sp³-hybridized carbons (Fsp3) is 0.188. The molecule has 1 aromatic carbocycles. The van der Waals surface area contributed by atoms with Gasteiger partial charge in [0.25, 0.3) is 5.91 Å². The van der Waals surface area contributed by atoms with E-state index in [1.54, 1.807) is 0 Å². The second-order valence-corrected chi connectivity index (χ2v) is 5.54. The van der Waals surface area contributed by atoms with Crippen LogP contribution in [0.2, 0.25) is 5.02 Å². The molecular weight excluding hydrogens is 359 g/mol. The molecule has 5 nitrogen and oxygen atoms in total. The van der Waals surface area contributed by atoms with Crippen LogP contribution in [0.3, 0.4) is 0 Å². The maximum Gasteiger partial charge on any atom is 0.417 e. The summed E-state index contributed by atoms with van der Waals surface area (Å²) in [5.74, 6) is -1.05. The predicted octanol–water partition coefficient (Wildman–Crippen LogP) is 3.46. The standard InChI is InChI=1S/C16H13ClF3N3O2/c1-23(15(25)10-4-6-21-7-5-10)9-14(24)22-11-2-3-13(17)12(8-11)16(18,19)20/h2-8H,9H2,1H3,(H,22,24). The summed E-state index contributed by atoms with van der Waals surface area (Å²) in [5.41, 5.74) is -0.768. The summed E-state index contributed by atoms with van der Waals surface area (Å²) in [5, 5.41) is 1.85. The fourth-order valence-electron chi connectivity index (χ4n) is 2.02. The highest BCUT2D eigenvalue weighted by atomic mass is 35.5. The van der Waals surface area contributed by atoms with Crippen molar-refractivity contribution < 1.29 is 22.8 Å². The van der Waals surface area contributed by atoms with Crippen LogP contribution in [-0.4, -0.2) is 35.3 Å². The van der Waals surface area contributed by atoms with Crippen LogP contribution in [0.15, 0.2) is 42.7 Å². The molecule has 0 aliphatic carbocycles. The van der Waals surface area contributed by atoms with Crippen molar-refractivity contribution in [1.82, 2.24) is 9.88 Å². The lowest BCUT2D eigenvalue weighted by molar-refractivity contribution is -0.137. The van der Waals surface area contributed by atoms with Crippen molar-refractivity contribution in [2.45, 2.75) is 6.18 Å². The Hall–Kier alpha value is -2.61. The summed E-state index contributed by atoms with van der Waals surface area (Å²) in [6.07, 6.45) is -1.76. The number of anilines is 1. The van der Waals surface area contributed by atoms with Gasteiger partial charge >= 0.3 is 6.18 Å². The molecule has 2 amide bonds. The largest absolute Gasteiger partial charge is 0.417 e. The Balaban J connectivity index is 2.04. The minimum Gasteiger partial charge on any atom is -0.332 e. The Kier molecular flexibility index (Phi) is 5.63. The highest BCUT2D eigenvalue weighted by Gasteiger charge is 2.33. The van der Waals surface area contributed by atoms with Crippen LogP contribution in [0.25, 0.3) is 0 Å². The Morgan fingerprint density at radius 3 is 2.44 bits per heavy atom. The lowest BCUT2D eigenvalue weighted by Crippen LogP contribution is -2.35. The van der Waals surface area contributed by atoms with Crippen LogP contribution in [0.4, 0.5) is 18.9 Å². The van der Waals surface area contributed by atoms with E-state index in [4.69, 9.17) is 11.6 Å². The van der Waals surface area contributed by atoms with Gasteiger partial charge in [-0.25, -0.2) is 0 Å². The molecule has 1 aromatic heterocycles. The van der Waals surface area contributed by atoms with Gasteiger partial charge in [0, 0.05) is 30.7 Å². The molecule has 0 spiro atoms. The molecule has 2 aromatic rings. The van der Waals surface area contributed by atoms with Crippen molar-refractivity contribution in [3.8, 4) is 0 Å². The van der Waals surface area contributed by atoms with Crippen molar-refractivity contribution >= 4 is 29.1 Å². The summed E-state index contributed by atoms with van der Waals surface area (Å²) in [7, 11) is 1.41. The molecule has 132 valence electrons. The number of hydrogen-bond acceptors (Lipinski definition) is 3. The second kappa shape index (κ2) is 7.52. The highest BCUT2D eigenvalue weighted by Crippen LogP contribution is 2.36. The lowest BCUT2D eigenvalue weighted by atomic mass is 10.2. The Bertz CT molecular complexity index is 782. The number of carbonyl (C=O) groups is 2. The summed E-state index contributed by atoms with van der Waals surface area (Å²) in [6.45, 7) is -0.328. The van der Waals surface area contributed by atoms with E-state index in [0.29, 0.717) is 5.56 Å². The third-order valence-electron chi connectivity index (χ3n) is 3.21. The first kappa shape index (κ1) is 18.7. The van der Waals surface area contributed by atoms with Gasteiger partial charge in [-0.1, -0.05) is 11.6 Å². The van der Waals surface area contributed by atoms with Gasteiger partial charge in [-0.3, -0.25) is 14.6 Å². The number of carbonyl (C=O) groups excluding carboxylic acids is 2. The zero-order chi connectivity index (χ0) is 18.6. The molecule has 0 unspecified atom stereocenters. The van der Waals surface area contributed by atoms with Gasteiger partial charge in [0.05, 0.1) is 17.1 Å². The number of halogens is 4. The molecule has 0 fully saturated rings. The lowest BCUT2D eigenvalue weighted by Gasteiger charge is -2.17. The average Bonchev–Trinajstić information content (AvgIpc) is 2.55. The number of alkyl halides is 3. The smallest absolute Gasteiger partial charge is 0.332 e. The van der Waals surface area contributed by atoms with Gasteiger partial charge in [-0.05, 0) is 30.3 Å². The molecular formula is C16H13ClF3N3O2. The average molecular weight is 372 g/mol. The van der Waals surface area contributed by atoms with Crippen molar-refractivity contribution in [2.24, 2.45) is 0 Å². The Labute approximate surface area is 146 Å². The number of hydrogen-bond donors (Lipinski definition) is 1. The number of amides is 2. The van der Waals surface area contributed by atoms with E-state index in [0.717, 1.165) is 17.0 Å². The molecule has 9 heteroatoms. The van der Waals surface area contributed by atoms with Gasteiger partial charge in [-0.15, -0.1) is 0 Å². The summed E-state index contributed by atoms with van der Waals surface area (Å²) < 4.78 is 38.4. The minimum absolute atomic E-state index is 0.0634. The molecule has 0 radical (unpaired) electrons. The Morgan fingerprint density at radius 1 is 1.20 bits per heavy atom. The van der Waals surface area contributed by atoms with Crippen LogP contribution in [0, 0.1) is 0 Å². The van der Waals surface area contributed by atoms with E-state index >= 15 is 0 Å². The molecule has 2 rings (SSSR count). The second-order valence-electron chi connectivity index (χ2n) is 5.14. The van der Waals surface area contributed by atoms with E-state index in [-0.39, 0.29) is 12.2 Å². The first-order valence-corrected chi connectivity index (χ1v) is 7.38. The molecule has 1 heterocycles. The van der Waals surface area contributed by atoms with E-state index in [1.807, 2.05) is 0 Å². The SMILES string of the molecule is CN(CC(=O)Nc1ccc(Cl)c(C(F)(F)F)c1)C(=O)c1ccncc1. The molecule has 0 bridgehead atoms. The number of rotatable bonds is 4. The van der Waals surface area contributed by atoms with Gasteiger partial charge in [0.1, 0.15) is 0 Å². The van der Waals surface area contributed by atoms with Crippen molar-refractivity contribution in [3.05, 3.63) is 58.9 Å². The molecule has 0 aliphatic rings. The first-order chi connectivity index (χ1) is 11.7. The zero-order valence-electron chi connectivity index (χ0n) is 13.0. The molecule has 25 heavy (non-hydrogen) atoms. The first-order valence-electron chi connectivity index (χ1n) is 7.00. The predicted molar refractivity (Wildman–Crippen MR) is 86.3 cm³/mol. The van der Waals surface area contributed by atoms with E-state index in [9.17, 15) is 22.8 Å². The number of nitrogens with zero attached hydrogens (tertiary/aromatic N) is 2. The summed E-state index contributed by atoms with van der Waals surface area (Å²) in [4.78, 5) is 29.0. The van der Waals surface area contributed by atoms with E-state index in [1.165, 1.54) is 37.6 Å². The molecule has 0 aliphatic heterocycles. The van der Waals surface area contributed by atoms with E-state index in [2.05, 4.69) is 10.3 Å². The van der Waals surface area contributed by atoms with Crippen LogP contribution in [-0.2, 0) is 11.0 Å². The number of nitrogens with one attached hydrogen (secondary N) is 1. The maximum atomic E-state index is 12.8. The van der Waals surface area contributed by atoms with Crippen LogP contribution >= 0.6 is 11.6 Å². The number of aromatic nitrogens is 1. The molecule has 0 atom stereocenters. The van der Waals surface area contributed by atoms with Crippen molar-refractivity contribution in [3.63, 3.8) is 0 Å². The topological polar surface area (TPSA) is 62.3 Å². The van der Waals surface area contributed by atoms with Gasteiger partial charge in [-0.2, -0.15) is 13.2 Å². The number of likely N-dealkylation sites (N-methyl/N-ethyl adjacent to an activating group) is 1. The van der Waals surface area contributed by atoms with Gasteiger partial charge in [0.15, 0.2) is 0 Å². The van der Waals surface area contributed by atoms with Gasteiger partial charge < -0.3 is 10.2 Å². The normalized spacial score (nSPS) is 11.1. The van der Waals surface area contributed by atoms with Crippen LogP contribution in [0.1, 0.15) is 15.9 Å². The van der Waals surface area contributed by atoms with Crippen molar-refractivity contribution in [1.29, 1.82) is 0 Å². The highest BCUT2D eigenvalue weighted by molar-refractivity contribution is 6.31. The molecule has 1 N–H and O–H groups in total. The molecule has 0 saturated carbocycles. The quantitative estimate of drug-likeness (QED) is 0.895.